The van der Waals surface area contributed by atoms with Crippen LogP contribution in [0.4, 0.5) is 5.82 Å². The summed E-state index contributed by atoms with van der Waals surface area (Å²) in [4.78, 5) is 16.6. The Morgan fingerprint density at radius 1 is 1.00 bits per heavy atom. The molecule has 2 aromatic heterocycles. The van der Waals surface area contributed by atoms with Gasteiger partial charge in [0.2, 0.25) is 5.91 Å². The fourth-order valence-electron chi connectivity index (χ4n) is 2.83. The molecule has 0 aliphatic carbocycles. The molecule has 0 aliphatic heterocycles. The van der Waals surface area contributed by atoms with Crippen molar-refractivity contribution in [3.8, 4) is 5.69 Å². The summed E-state index contributed by atoms with van der Waals surface area (Å²) < 4.78 is 1.78. The quantitative estimate of drug-likeness (QED) is 0.792. The summed E-state index contributed by atoms with van der Waals surface area (Å²) in [6, 6.07) is 11.9. The molecule has 0 radical (unpaired) electrons. The number of amides is 1. The second-order valence-electron chi connectivity index (χ2n) is 6.46. The van der Waals surface area contributed by atoms with Crippen LogP contribution in [0.15, 0.2) is 42.6 Å². The molecule has 0 fully saturated rings. The molecular weight excluding hydrogens is 312 g/mol. The second-order valence-corrected chi connectivity index (χ2v) is 6.46. The summed E-state index contributed by atoms with van der Waals surface area (Å²) in [6.45, 7) is 7.94. The van der Waals surface area contributed by atoms with E-state index in [2.05, 4.69) is 47.4 Å². The van der Waals surface area contributed by atoms with Crippen molar-refractivity contribution >= 4 is 11.7 Å². The van der Waals surface area contributed by atoms with Crippen molar-refractivity contribution in [2.45, 2.75) is 34.1 Å². The minimum Gasteiger partial charge on any atom is -0.310 e. The summed E-state index contributed by atoms with van der Waals surface area (Å²) in [5.74, 6) is 0.587. The van der Waals surface area contributed by atoms with Crippen LogP contribution < -0.4 is 5.32 Å². The van der Waals surface area contributed by atoms with Gasteiger partial charge in [0.05, 0.1) is 17.8 Å². The lowest BCUT2D eigenvalue weighted by Crippen LogP contribution is -2.17. The van der Waals surface area contributed by atoms with Gasteiger partial charge in [0.15, 0.2) is 0 Å². The van der Waals surface area contributed by atoms with Crippen molar-refractivity contribution in [2.75, 3.05) is 5.32 Å². The Hall–Kier alpha value is -2.95. The highest BCUT2D eigenvalue weighted by Crippen LogP contribution is 2.20. The zero-order valence-electron chi connectivity index (χ0n) is 15.0. The van der Waals surface area contributed by atoms with Crippen LogP contribution in [0.25, 0.3) is 5.69 Å². The van der Waals surface area contributed by atoms with Crippen LogP contribution in [-0.2, 0) is 11.2 Å². The summed E-state index contributed by atoms with van der Waals surface area (Å²) in [6.07, 6.45) is 2.02. The predicted octanol–water partition coefficient (Wildman–Crippen LogP) is 3.68. The highest BCUT2D eigenvalue weighted by Gasteiger charge is 2.12. The first kappa shape index (κ1) is 16.9. The predicted molar refractivity (Wildman–Crippen MR) is 99.1 cm³/mol. The van der Waals surface area contributed by atoms with E-state index in [9.17, 15) is 4.79 Å². The van der Waals surface area contributed by atoms with Crippen LogP contribution in [0.1, 0.15) is 28.1 Å². The van der Waals surface area contributed by atoms with E-state index in [0.717, 1.165) is 33.8 Å². The number of hydrogen-bond acceptors (Lipinski definition) is 3. The van der Waals surface area contributed by atoms with Crippen LogP contribution in [0.3, 0.4) is 0 Å². The Morgan fingerprint density at radius 3 is 2.36 bits per heavy atom. The van der Waals surface area contributed by atoms with Gasteiger partial charge in [0.1, 0.15) is 5.82 Å². The fraction of sp³-hybridized carbons (Fsp3) is 0.250. The van der Waals surface area contributed by atoms with E-state index >= 15 is 0 Å². The third-order valence-corrected chi connectivity index (χ3v) is 3.89. The minimum atomic E-state index is -0.0869. The van der Waals surface area contributed by atoms with Crippen molar-refractivity contribution in [1.82, 2.24) is 14.8 Å². The van der Waals surface area contributed by atoms with Crippen LogP contribution in [0.2, 0.25) is 0 Å². The van der Waals surface area contributed by atoms with Gasteiger partial charge in [-0.15, -0.1) is 0 Å². The molecular formula is C20H22N4O. The van der Waals surface area contributed by atoms with Crippen molar-refractivity contribution in [3.63, 3.8) is 0 Å². The second kappa shape index (κ2) is 6.89. The molecule has 1 N–H and O–H groups in total. The van der Waals surface area contributed by atoms with Crippen molar-refractivity contribution < 1.29 is 4.79 Å². The number of carbonyl (C=O) groups excluding carboxylic acids is 1. The van der Waals surface area contributed by atoms with E-state index in [4.69, 9.17) is 0 Å². The van der Waals surface area contributed by atoms with Crippen LogP contribution in [0.5, 0.6) is 0 Å². The molecule has 2 heterocycles. The molecule has 3 rings (SSSR count). The summed E-state index contributed by atoms with van der Waals surface area (Å²) in [7, 11) is 0. The number of anilines is 1. The standard InChI is InChI=1S/C20H22N4O/c1-13-7-14(2)9-18(8-13)24-19(10-16(4)23-24)22-20(25)11-17-6-5-15(3)21-12-17/h5-10,12H,11H2,1-4H3,(H,22,25). The van der Waals surface area contributed by atoms with E-state index in [0.29, 0.717) is 5.82 Å². The Kier molecular flexibility index (Phi) is 4.65. The Morgan fingerprint density at radius 2 is 1.72 bits per heavy atom. The molecule has 128 valence electrons. The summed E-state index contributed by atoms with van der Waals surface area (Å²) in [5.41, 5.74) is 5.94. The van der Waals surface area contributed by atoms with Gasteiger partial charge in [-0.2, -0.15) is 5.10 Å². The van der Waals surface area contributed by atoms with Gasteiger partial charge in [-0.1, -0.05) is 12.1 Å². The Balaban J connectivity index is 1.83. The van der Waals surface area contributed by atoms with E-state index in [1.807, 2.05) is 32.0 Å². The first-order valence-corrected chi connectivity index (χ1v) is 8.27. The third kappa shape index (κ3) is 4.12. The maximum atomic E-state index is 12.4. The molecule has 3 aromatic rings. The summed E-state index contributed by atoms with van der Waals surface area (Å²) in [5, 5.41) is 7.49. The Bertz CT molecular complexity index is 890. The lowest BCUT2D eigenvalue weighted by Gasteiger charge is -2.10. The first-order chi connectivity index (χ1) is 11.9. The van der Waals surface area contributed by atoms with Crippen molar-refractivity contribution in [1.29, 1.82) is 0 Å². The first-order valence-electron chi connectivity index (χ1n) is 8.27. The molecule has 0 spiro atoms. The summed E-state index contributed by atoms with van der Waals surface area (Å²) >= 11 is 0. The molecule has 0 aliphatic rings. The van der Waals surface area contributed by atoms with Gasteiger partial charge in [0.25, 0.3) is 0 Å². The monoisotopic (exact) mass is 334 g/mol. The maximum absolute atomic E-state index is 12.4. The van der Waals surface area contributed by atoms with Gasteiger partial charge in [-0.3, -0.25) is 9.78 Å². The molecule has 0 unspecified atom stereocenters. The van der Waals surface area contributed by atoms with Crippen molar-refractivity contribution in [2.24, 2.45) is 0 Å². The van der Waals surface area contributed by atoms with Gasteiger partial charge in [-0.05, 0) is 62.6 Å². The van der Waals surface area contributed by atoms with Crippen molar-refractivity contribution in [3.05, 3.63) is 70.7 Å². The van der Waals surface area contributed by atoms with Gasteiger partial charge in [0, 0.05) is 18.0 Å². The number of rotatable bonds is 4. The largest absolute Gasteiger partial charge is 0.310 e. The zero-order valence-corrected chi connectivity index (χ0v) is 15.0. The Labute approximate surface area is 147 Å². The lowest BCUT2D eigenvalue weighted by molar-refractivity contribution is -0.115. The average Bonchev–Trinajstić information content (AvgIpc) is 2.89. The third-order valence-electron chi connectivity index (χ3n) is 3.89. The molecule has 5 heteroatoms. The topological polar surface area (TPSA) is 59.8 Å². The molecule has 5 nitrogen and oxygen atoms in total. The normalized spacial score (nSPS) is 10.7. The number of carbonyl (C=O) groups is 1. The molecule has 0 bridgehead atoms. The molecule has 25 heavy (non-hydrogen) atoms. The molecule has 1 aromatic carbocycles. The van der Waals surface area contributed by atoms with Crippen LogP contribution in [0, 0.1) is 27.7 Å². The van der Waals surface area contributed by atoms with E-state index in [-0.39, 0.29) is 12.3 Å². The number of hydrogen-bond donors (Lipinski definition) is 1. The van der Waals surface area contributed by atoms with E-state index in [1.165, 1.54) is 0 Å². The van der Waals surface area contributed by atoms with Gasteiger partial charge in [-0.25, -0.2) is 4.68 Å². The van der Waals surface area contributed by atoms with E-state index in [1.54, 1.807) is 10.9 Å². The molecule has 1 amide bonds. The van der Waals surface area contributed by atoms with Gasteiger partial charge < -0.3 is 5.32 Å². The number of benzene rings is 1. The minimum absolute atomic E-state index is 0.0869. The van der Waals surface area contributed by atoms with Crippen LogP contribution in [-0.4, -0.2) is 20.7 Å². The average molecular weight is 334 g/mol. The fourth-order valence-corrected chi connectivity index (χ4v) is 2.83. The smallest absolute Gasteiger partial charge is 0.230 e. The highest BCUT2D eigenvalue weighted by molar-refractivity contribution is 5.91. The number of aromatic nitrogens is 3. The molecule has 0 atom stereocenters. The number of pyridine rings is 1. The molecule has 0 saturated heterocycles. The van der Waals surface area contributed by atoms with Crippen LogP contribution >= 0.6 is 0 Å². The highest BCUT2D eigenvalue weighted by atomic mass is 16.1. The lowest BCUT2D eigenvalue weighted by atomic mass is 10.1. The zero-order chi connectivity index (χ0) is 18.0. The number of nitrogens with one attached hydrogen (secondary N) is 1. The maximum Gasteiger partial charge on any atom is 0.230 e. The molecule has 0 saturated carbocycles. The number of aryl methyl sites for hydroxylation is 4. The van der Waals surface area contributed by atoms with Gasteiger partial charge >= 0.3 is 0 Å². The van der Waals surface area contributed by atoms with E-state index < -0.39 is 0 Å². The number of nitrogens with zero attached hydrogens (tertiary/aromatic N) is 3. The SMILES string of the molecule is Cc1cc(C)cc(-n2nc(C)cc2NC(=O)Cc2ccc(C)nc2)c1.